The number of hydrogen-bond acceptors (Lipinski definition) is 6. The molecule has 0 bridgehead atoms. The number of anilines is 2. The van der Waals surface area contributed by atoms with Gasteiger partial charge in [-0.1, -0.05) is 6.07 Å². The van der Waals surface area contributed by atoms with Gasteiger partial charge < -0.3 is 9.47 Å². The summed E-state index contributed by atoms with van der Waals surface area (Å²) in [6.07, 6.45) is 0. The maximum Gasteiger partial charge on any atom is 0.262 e. The van der Waals surface area contributed by atoms with Crippen molar-refractivity contribution in [3.8, 4) is 5.75 Å². The molecule has 3 rings (SSSR count). The molecule has 0 saturated carbocycles. The van der Waals surface area contributed by atoms with Gasteiger partial charge in [0, 0.05) is 12.8 Å². The Hall–Kier alpha value is -3.15. The van der Waals surface area contributed by atoms with E-state index >= 15 is 0 Å². The topological polar surface area (TPSA) is 111 Å². The standard InChI is InChI=1S/C22H23FN2O6S2/c1-16-3-6-19(15-22(16)33(28,29)24-18-7-4-17(23)5-8-18)25-32(26,27)21-11-9-20(10-12-21)31-14-13-30-2/h3-12,15,24-25H,13-14H2,1-2H3. The number of hydrogen-bond donors (Lipinski definition) is 2. The van der Waals surface area contributed by atoms with Crippen LogP contribution in [0.2, 0.25) is 0 Å². The molecule has 3 aromatic carbocycles. The Kier molecular flexibility index (Phi) is 7.57. The molecule has 3 aromatic rings. The first kappa shape index (κ1) is 24.5. The molecule has 0 atom stereocenters. The molecule has 11 heteroatoms. The highest BCUT2D eigenvalue weighted by Crippen LogP contribution is 2.25. The minimum absolute atomic E-state index is 0.0176. The Bertz CT molecular complexity index is 1310. The lowest BCUT2D eigenvalue weighted by molar-refractivity contribution is 0.146. The van der Waals surface area contributed by atoms with Crippen LogP contribution in [0.25, 0.3) is 0 Å². The molecule has 0 aliphatic heterocycles. The van der Waals surface area contributed by atoms with E-state index in [4.69, 9.17) is 9.47 Å². The number of benzene rings is 3. The molecule has 0 radical (unpaired) electrons. The Morgan fingerprint density at radius 1 is 0.788 bits per heavy atom. The van der Waals surface area contributed by atoms with Crippen molar-refractivity contribution in [2.24, 2.45) is 0 Å². The first-order valence-corrected chi connectivity index (χ1v) is 12.7. The SMILES string of the molecule is COCCOc1ccc(S(=O)(=O)Nc2ccc(C)c(S(=O)(=O)Nc3ccc(F)cc3)c2)cc1. The molecular formula is C22H23FN2O6S2. The number of methoxy groups -OCH3 is 1. The van der Waals surface area contributed by atoms with Gasteiger partial charge in [-0.15, -0.1) is 0 Å². The fourth-order valence-corrected chi connectivity index (χ4v) is 5.23. The van der Waals surface area contributed by atoms with Crippen LogP contribution in [0.3, 0.4) is 0 Å². The van der Waals surface area contributed by atoms with E-state index in [1.54, 1.807) is 14.0 Å². The highest BCUT2D eigenvalue weighted by atomic mass is 32.2. The molecule has 0 aliphatic carbocycles. The fraction of sp³-hybridized carbons (Fsp3) is 0.182. The van der Waals surface area contributed by atoms with Crippen LogP contribution in [0.15, 0.2) is 76.5 Å². The van der Waals surface area contributed by atoms with Crippen molar-refractivity contribution in [3.05, 3.63) is 78.1 Å². The number of sulfonamides is 2. The number of ether oxygens (including phenoxy) is 2. The van der Waals surface area contributed by atoms with Gasteiger partial charge in [0.25, 0.3) is 20.0 Å². The summed E-state index contributed by atoms with van der Waals surface area (Å²) in [7, 11) is -6.48. The number of aryl methyl sites for hydroxylation is 1. The van der Waals surface area contributed by atoms with Crippen LogP contribution < -0.4 is 14.2 Å². The van der Waals surface area contributed by atoms with Crippen molar-refractivity contribution in [2.75, 3.05) is 29.8 Å². The van der Waals surface area contributed by atoms with Gasteiger partial charge in [0.15, 0.2) is 0 Å². The Balaban J connectivity index is 1.80. The van der Waals surface area contributed by atoms with Crippen molar-refractivity contribution in [1.82, 2.24) is 0 Å². The van der Waals surface area contributed by atoms with Crippen molar-refractivity contribution in [2.45, 2.75) is 16.7 Å². The highest BCUT2D eigenvalue weighted by Gasteiger charge is 2.20. The summed E-state index contributed by atoms with van der Waals surface area (Å²) < 4.78 is 79.4. The largest absolute Gasteiger partial charge is 0.491 e. The van der Waals surface area contributed by atoms with Crippen LogP contribution in [0.1, 0.15) is 5.56 Å². The third-order valence-corrected chi connectivity index (χ3v) is 7.44. The number of halogens is 1. The van der Waals surface area contributed by atoms with E-state index in [1.807, 2.05) is 0 Å². The quantitative estimate of drug-likeness (QED) is 0.415. The van der Waals surface area contributed by atoms with E-state index in [9.17, 15) is 21.2 Å². The molecule has 33 heavy (non-hydrogen) atoms. The minimum atomic E-state index is -4.05. The van der Waals surface area contributed by atoms with Crippen LogP contribution in [-0.2, 0) is 24.8 Å². The predicted molar refractivity (Wildman–Crippen MR) is 123 cm³/mol. The Morgan fingerprint density at radius 2 is 1.39 bits per heavy atom. The van der Waals surface area contributed by atoms with Crippen molar-refractivity contribution < 1.29 is 30.7 Å². The number of rotatable bonds is 10. The van der Waals surface area contributed by atoms with Gasteiger partial charge in [-0.3, -0.25) is 9.44 Å². The Morgan fingerprint density at radius 3 is 2.03 bits per heavy atom. The molecule has 0 spiro atoms. The van der Waals surface area contributed by atoms with E-state index in [0.29, 0.717) is 24.5 Å². The van der Waals surface area contributed by atoms with E-state index in [2.05, 4.69) is 9.44 Å². The van der Waals surface area contributed by atoms with Crippen molar-refractivity contribution in [1.29, 1.82) is 0 Å². The third kappa shape index (κ3) is 6.44. The van der Waals surface area contributed by atoms with Gasteiger partial charge in [-0.2, -0.15) is 0 Å². The summed E-state index contributed by atoms with van der Waals surface area (Å²) in [5.41, 5.74) is 0.653. The summed E-state index contributed by atoms with van der Waals surface area (Å²) in [6, 6.07) is 14.8. The van der Waals surface area contributed by atoms with Gasteiger partial charge in [0.2, 0.25) is 0 Å². The molecule has 176 valence electrons. The smallest absolute Gasteiger partial charge is 0.262 e. The van der Waals surface area contributed by atoms with Gasteiger partial charge in [0.05, 0.1) is 22.1 Å². The van der Waals surface area contributed by atoms with Crippen LogP contribution >= 0.6 is 0 Å². The van der Waals surface area contributed by atoms with Gasteiger partial charge in [0.1, 0.15) is 18.2 Å². The van der Waals surface area contributed by atoms with Crippen molar-refractivity contribution in [3.63, 3.8) is 0 Å². The fourth-order valence-electron chi connectivity index (χ4n) is 2.85. The average molecular weight is 495 g/mol. The molecule has 0 unspecified atom stereocenters. The monoisotopic (exact) mass is 494 g/mol. The molecule has 0 amide bonds. The summed E-state index contributed by atoms with van der Waals surface area (Å²) >= 11 is 0. The van der Waals surface area contributed by atoms with E-state index < -0.39 is 25.9 Å². The molecule has 0 fully saturated rings. The summed E-state index contributed by atoms with van der Waals surface area (Å²) in [5.74, 6) is -0.0123. The van der Waals surface area contributed by atoms with Gasteiger partial charge in [-0.25, -0.2) is 21.2 Å². The van der Waals surface area contributed by atoms with E-state index in [0.717, 1.165) is 12.1 Å². The zero-order chi connectivity index (χ0) is 24.1. The molecule has 2 N–H and O–H groups in total. The van der Waals surface area contributed by atoms with Gasteiger partial charge >= 0.3 is 0 Å². The van der Waals surface area contributed by atoms with E-state index in [1.165, 1.54) is 54.6 Å². The van der Waals surface area contributed by atoms with Gasteiger partial charge in [-0.05, 0) is 73.2 Å². The Labute approximate surface area is 192 Å². The lowest BCUT2D eigenvalue weighted by Crippen LogP contribution is -2.16. The summed E-state index contributed by atoms with van der Waals surface area (Å²) in [6.45, 7) is 2.31. The maximum absolute atomic E-state index is 13.1. The summed E-state index contributed by atoms with van der Waals surface area (Å²) in [5, 5.41) is 0. The van der Waals surface area contributed by atoms with Crippen LogP contribution in [0.4, 0.5) is 15.8 Å². The highest BCUT2D eigenvalue weighted by molar-refractivity contribution is 7.93. The minimum Gasteiger partial charge on any atom is -0.491 e. The van der Waals surface area contributed by atoms with Crippen LogP contribution in [-0.4, -0.2) is 37.2 Å². The zero-order valence-electron chi connectivity index (χ0n) is 17.9. The average Bonchev–Trinajstić information content (AvgIpc) is 2.77. The lowest BCUT2D eigenvalue weighted by atomic mass is 10.2. The molecule has 8 nitrogen and oxygen atoms in total. The third-order valence-electron chi connectivity index (χ3n) is 4.52. The van der Waals surface area contributed by atoms with Crippen LogP contribution in [0.5, 0.6) is 5.75 Å². The molecule has 0 aliphatic rings. The molecule has 0 aromatic heterocycles. The zero-order valence-corrected chi connectivity index (χ0v) is 19.5. The predicted octanol–water partition coefficient (Wildman–Crippen LogP) is 3.76. The van der Waals surface area contributed by atoms with E-state index in [-0.39, 0.29) is 21.2 Å². The number of nitrogens with one attached hydrogen (secondary N) is 2. The van der Waals surface area contributed by atoms with Crippen molar-refractivity contribution >= 4 is 31.4 Å². The second-order valence-electron chi connectivity index (χ2n) is 7.01. The first-order valence-electron chi connectivity index (χ1n) is 9.74. The molecule has 0 saturated heterocycles. The lowest BCUT2D eigenvalue weighted by Gasteiger charge is -2.14. The van der Waals surface area contributed by atoms with Crippen LogP contribution in [0, 0.1) is 12.7 Å². The summed E-state index contributed by atoms with van der Waals surface area (Å²) in [4.78, 5) is -0.134. The molecule has 0 heterocycles. The first-order chi connectivity index (χ1) is 15.6. The second kappa shape index (κ2) is 10.2. The molecular weight excluding hydrogens is 471 g/mol. The normalized spacial score (nSPS) is 11.7. The second-order valence-corrected chi connectivity index (χ2v) is 10.3. The maximum atomic E-state index is 13.1.